The van der Waals surface area contributed by atoms with Crippen molar-refractivity contribution < 1.29 is 9.53 Å². The van der Waals surface area contributed by atoms with Crippen LogP contribution in [-0.4, -0.2) is 18.0 Å². The molecular weight excluding hydrogens is 272 g/mol. The largest absolute Gasteiger partial charge is 0.481 e. The number of nitrogens with one attached hydrogen (secondary N) is 1. The van der Waals surface area contributed by atoms with Crippen LogP contribution in [0, 0.1) is 0 Å². The van der Waals surface area contributed by atoms with Crippen molar-refractivity contribution in [1.82, 2.24) is 4.98 Å². The smallest absolute Gasteiger partial charge is 0.224 e. The van der Waals surface area contributed by atoms with Gasteiger partial charge in [-0.1, -0.05) is 6.07 Å². The summed E-state index contributed by atoms with van der Waals surface area (Å²) in [6, 6.07) is 7.71. The highest BCUT2D eigenvalue weighted by molar-refractivity contribution is 7.09. The lowest BCUT2D eigenvalue weighted by atomic mass is 10.1. The fourth-order valence-corrected chi connectivity index (χ4v) is 2.59. The summed E-state index contributed by atoms with van der Waals surface area (Å²) in [5.41, 5.74) is 0.703. The maximum Gasteiger partial charge on any atom is 0.224 e. The highest BCUT2D eigenvalue weighted by atomic mass is 32.1. The molecule has 2 heterocycles. The van der Waals surface area contributed by atoms with Crippen LogP contribution in [0.25, 0.3) is 0 Å². The number of nitrogens with zero attached hydrogens (tertiary/aromatic N) is 1. The van der Waals surface area contributed by atoms with Gasteiger partial charge in [-0.15, -0.1) is 11.3 Å². The lowest BCUT2D eigenvalue weighted by molar-refractivity contribution is -0.116. The summed E-state index contributed by atoms with van der Waals surface area (Å²) in [6.07, 6.45) is 5.12. The van der Waals surface area contributed by atoms with E-state index in [1.807, 2.05) is 0 Å². The zero-order valence-electron chi connectivity index (χ0n) is 11.5. The number of carbonyl (C=O) groups excluding carboxylic acids is 1. The van der Waals surface area contributed by atoms with Crippen LogP contribution in [0.4, 0.5) is 5.69 Å². The van der Waals surface area contributed by atoms with Crippen LogP contribution in [0.2, 0.25) is 0 Å². The average Bonchev–Trinajstić information content (AvgIpc) is 2.98. The Labute approximate surface area is 122 Å². The van der Waals surface area contributed by atoms with E-state index in [0.29, 0.717) is 18.0 Å². The number of rotatable bonds is 7. The summed E-state index contributed by atoms with van der Waals surface area (Å²) in [4.78, 5) is 17.2. The lowest BCUT2D eigenvalue weighted by Gasteiger charge is -2.05. The minimum Gasteiger partial charge on any atom is -0.481 e. The van der Waals surface area contributed by atoms with Gasteiger partial charge >= 0.3 is 0 Å². The van der Waals surface area contributed by atoms with Crippen LogP contribution in [-0.2, 0) is 11.2 Å². The van der Waals surface area contributed by atoms with E-state index in [1.165, 1.54) is 4.88 Å². The quantitative estimate of drug-likeness (QED) is 0.794. The molecule has 0 unspecified atom stereocenters. The van der Waals surface area contributed by atoms with Crippen LogP contribution in [0.15, 0.2) is 35.8 Å². The van der Waals surface area contributed by atoms with Crippen LogP contribution in [0.3, 0.4) is 0 Å². The second kappa shape index (κ2) is 7.65. The molecule has 106 valence electrons. The molecule has 0 bridgehead atoms. The van der Waals surface area contributed by atoms with E-state index in [-0.39, 0.29) is 5.91 Å². The van der Waals surface area contributed by atoms with Crippen LogP contribution < -0.4 is 10.1 Å². The van der Waals surface area contributed by atoms with E-state index in [0.717, 1.165) is 19.3 Å². The molecule has 0 atom stereocenters. The van der Waals surface area contributed by atoms with Crippen molar-refractivity contribution in [3.63, 3.8) is 0 Å². The van der Waals surface area contributed by atoms with E-state index in [9.17, 15) is 4.79 Å². The molecule has 0 saturated heterocycles. The number of carbonyl (C=O) groups is 1. The first-order chi connectivity index (χ1) is 9.78. The number of anilines is 1. The zero-order chi connectivity index (χ0) is 14.2. The molecule has 4 nitrogen and oxygen atoms in total. The van der Waals surface area contributed by atoms with Crippen LogP contribution in [0.1, 0.15) is 24.1 Å². The van der Waals surface area contributed by atoms with Gasteiger partial charge in [0.15, 0.2) is 0 Å². The number of pyridine rings is 1. The Bertz CT molecular complexity index is 523. The van der Waals surface area contributed by atoms with Crippen molar-refractivity contribution in [3.05, 3.63) is 40.7 Å². The van der Waals surface area contributed by atoms with E-state index < -0.39 is 0 Å². The molecule has 0 aromatic carbocycles. The SMILES string of the molecule is COc1ccc(NC(=O)CCCCc2cccs2)cn1. The summed E-state index contributed by atoms with van der Waals surface area (Å²) in [7, 11) is 1.56. The number of thiophene rings is 1. The second-order valence-corrected chi connectivity index (χ2v) is 5.46. The van der Waals surface area contributed by atoms with Crippen molar-refractivity contribution in [2.75, 3.05) is 12.4 Å². The van der Waals surface area contributed by atoms with Gasteiger partial charge in [0, 0.05) is 17.4 Å². The Morgan fingerprint density at radius 3 is 2.90 bits per heavy atom. The molecule has 0 aliphatic heterocycles. The molecule has 20 heavy (non-hydrogen) atoms. The van der Waals surface area contributed by atoms with Gasteiger partial charge in [0.05, 0.1) is 19.0 Å². The third-order valence-corrected chi connectivity index (χ3v) is 3.82. The number of aryl methyl sites for hydroxylation is 1. The zero-order valence-corrected chi connectivity index (χ0v) is 12.3. The third kappa shape index (κ3) is 4.66. The minimum absolute atomic E-state index is 0.0307. The second-order valence-electron chi connectivity index (χ2n) is 4.42. The summed E-state index contributed by atoms with van der Waals surface area (Å²) in [6.45, 7) is 0. The first-order valence-electron chi connectivity index (χ1n) is 6.60. The summed E-state index contributed by atoms with van der Waals surface area (Å²) >= 11 is 1.77. The van der Waals surface area contributed by atoms with E-state index in [4.69, 9.17) is 4.74 Å². The van der Waals surface area contributed by atoms with Crippen molar-refractivity contribution in [2.45, 2.75) is 25.7 Å². The first kappa shape index (κ1) is 14.5. The molecule has 0 spiro atoms. The highest BCUT2D eigenvalue weighted by Crippen LogP contribution is 2.14. The topological polar surface area (TPSA) is 51.2 Å². The van der Waals surface area contributed by atoms with E-state index >= 15 is 0 Å². The number of amides is 1. The minimum atomic E-state index is 0.0307. The van der Waals surface area contributed by atoms with Gasteiger partial charge in [0.2, 0.25) is 11.8 Å². The van der Waals surface area contributed by atoms with Crippen LogP contribution in [0.5, 0.6) is 5.88 Å². The normalized spacial score (nSPS) is 10.2. The Kier molecular flexibility index (Phi) is 5.55. The number of hydrogen-bond acceptors (Lipinski definition) is 4. The molecular formula is C15H18N2O2S. The molecule has 2 aromatic heterocycles. The molecule has 1 N–H and O–H groups in total. The molecule has 2 rings (SSSR count). The van der Waals surface area contributed by atoms with Gasteiger partial charge < -0.3 is 10.1 Å². The molecule has 0 aliphatic carbocycles. The van der Waals surface area contributed by atoms with Crippen LogP contribution >= 0.6 is 11.3 Å². The van der Waals surface area contributed by atoms with Gasteiger partial charge in [-0.3, -0.25) is 4.79 Å². The Balaban J connectivity index is 1.66. The fourth-order valence-electron chi connectivity index (χ4n) is 1.84. The number of methoxy groups -OCH3 is 1. The van der Waals surface area contributed by atoms with Crippen molar-refractivity contribution >= 4 is 22.9 Å². The summed E-state index contributed by atoms with van der Waals surface area (Å²) < 4.78 is 4.97. The fraction of sp³-hybridized carbons (Fsp3) is 0.333. The number of aromatic nitrogens is 1. The van der Waals surface area contributed by atoms with Gasteiger partial charge in [0.1, 0.15) is 0 Å². The molecule has 0 fully saturated rings. The molecule has 0 saturated carbocycles. The standard InChI is InChI=1S/C15H18N2O2S/c1-19-15-9-8-12(11-16-15)17-14(18)7-3-2-5-13-6-4-10-20-13/h4,6,8-11H,2-3,5,7H2,1H3,(H,17,18). The molecule has 5 heteroatoms. The maximum absolute atomic E-state index is 11.8. The molecule has 0 radical (unpaired) electrons. The van der Waals surface area contributed by atoms with Crippen molar-refractivity contribution in [1.29, 1.82) is 0 Å². The van der Waals surface area contributed by atoms with Gasteiger partial charge in [-0.05, 0) is 36.8 Å². The number of hydrogen-bond donors (Lipinski definition) is 1. The Hall–Kier alpha value is -1.88. The van der Waals surface area contributed by atoms with E-state index in [1.54, 1.807) is 36.8 Å². The Morgan fingerprint density at radius 2 is 2.25 bits per heavy atom. The predicted octanol–water partition coefficient (Wildman–Crippen LogP) is 3.50. The third-order valence-electron chi connectivity index (χ3n) is 2.89. The van der Waals surface area contributed by atoms with E-state index in [2.05, 4.69) is 27.8 Å². The van der Waals surface area contributed by atoms with Crippen molar-refractivity contribution in [2.24, 2.45) is 0 Å². The van der Waals surface area contributed by atoms with Gasteiger partial charge in [-0.2, -0.15) is 0 Å². The number of unbranched alkanes of at least 4 members (excludes halogenated alkanes) is 1. The summed E-state index contributed by atoms with van der Waals surface area (Å²) in [5, 5.41) is 4.91. The first-order valence-corrected chi connectivity index (χ1v) is 7.48. The van der Waals surface area contributed by atoms with Crippen molar-refractivity contribution in [3.8, 4) is 5.88 Å². The lowest BCUT2D eigenvalue weighted by Crippen LogP contribution is -2.11. The Morgan fingerprint density at radius 1 is 1.35 bits per heavy atom. The number of ether oxygens (including phenoxy) is 1. The molecule has 2 aromatic rings. The summed E-state index contributed by atoms with van der Waals surface area (Å²) in [5.74, 6) is 0.571. The van der Waals surface area contributed by atoms with Gasteiger partial charge in [0.25, 0.3) is 0 Å². The maximum atomic E-state index is 11.8. The van der Waals surface area contributed by atoms with Gasteiger partial charge in [-0.25, -0.2) is 4.98 Å². The average molecular weight is 290 g/mol. The monoisotopic (exact) mass is 290 g/mol. The molecule has 0 aliphatic rings. The predicted molar refractivity (Wildman–Crippen MR) is 81.3 cm³/mol. The highest BCUT2D eigenvalue weighted by Gasteiger charge is 2.03. The molecule has 1 amide bonds.